The summed E-state index contributed by atoms with van der Waals surface area (Å²) in [5.41, 5.74) is 0. The van der Waals surface area contributed by atoms with Crippen LogP contribution < -0.4 is 0 Å². The second-order valence-electron chi connectivity index (χ2n) is 4.42. The summed E-state index contributed by atoms with van der Waals surface area (Å²) in [6.45, 7) is 4.42. The zero-order valence-corrected chi connectivity index (χ0v) is 13.3. The molecule has 2 unspecified atom stereocenters. The molecule has 1 aliphatic rings. The number of ether oxygens (including phenoxy) is 3. The van der Waals surface area contributed by atoms with Crippen molar-refractivity contribution in [1.29, 1.82) is 0 Å². The lowest BCUT2D eigenvalue weighted by Crippen LogP contribution is -2.44. The highest BCUT2D eigenvalue weighted by atomic mass is 28.4. The predicted octanol–water partition coefficient (Wildman–Crippen LogP) is 2.12. The molecule has 6 nitrogen and oxygen atoms in total. The van der Waals surface area contributed by atoms with Gasteiger partial charge in [0.25, 0.3) is 0 Å². The topological polar surface area (TPSA) is 55.4 Å². The summed E-state index contributed by atoms with van der Waals surface area (Å²) in [5.74, 6) is 0. The lowest BCUT2D eigenvalue weighted by Gasteiger charge is -2.34. The van der Waals surface area contributed by atoms with Crippen molar-refractivity contribution >= 4 is 8.80 Å². The van der Waals surface area contributed by atoms with E-state index in [0.29, 0.717) is 6.10 Å². The molecule has 1 heterocycles. The van der Waals surface area contributed by atoms with Crippen LogP contribution in [0.1, 0.15) is 33.1 Å². The van der Waals surface area contributed by atoms with Crippen molar-refractivity contribution < 1.29 is 27.5 Å². The van der Waals surface area contributed by atoms with Gasteiger partial charge >= 0.3 is 8.80 Å². The highest BCUT2D eigenvalue weighted by Crippen LogP contribution is 2.23. The molecule has 1 aliphatic heterocycles. The molecule has 0 aliphatic carbocycles. The molecule has 0 spiro atoms. The van der Waals surface area contributed by atoms with Gasteiger partial charge < -0.3 is 27.5 Å². The Morgan fingerprint density at radius 3 is 2.37 bits per heavy atom. The first-order valence-corrected chi connectivity index (χ1v) is 8.72. The average molecular weight is 294 g/mol. The van der Waals surface area contributed by atoms with Crippen LogP contribution in [0.25, 0.3) is 0 Å². The minimum Gasteiger partial charge on any atom is -0.377 e. The fourth-order valence-corrected chi connectivity index (χ4v) is 3.69. The maximum Gasteiger partial charge on any atom is 0.502 e. The van der Waals surface area contributed by atoms with E-state index in [0.717, 1.165) is 25.3 Å². The maximum atomic E-state index is 5.60. The fraction of sp³-hybridized carbons (Fsp3) is 1.00. The van der Waals surface area contributed by atoms with Crippen molar-refractivity contribution in [1.82, 2.24) is 0 Å². The molecule has 0 amide bonds. The quantitative estimate of drug-likeness (QED) is 0.330. The van der Waals surface area contributed by atoms with Crippen LogP contribution >= 0.6 is 0 Å². The van der Waals surface area contributed by atoms with Gasteiger partial charge in [-0.3, -0.25) is 0 Å². The molecule has 19 heavy (non-hydrogen) atoms. The molecular weight excluding hydrogens is 268 g/mol. The summed E-state index contributed by atoms with van der Waals surface area (Å²) in [4.78, 5) is 0. The highest BCUT2D eigenvalue weighted by molar-refractivity contribution is 6.60. The molecule has 0 aromatic carbocycles. The molecular formula is C12H26O6Si. The van der Waals surface area contributed by atoms with Crippen LogP contribution in [0.3, 0.4) is 0 Å². The van der Waals surface area contributed by atoms with Crippen LogP contribution in [0, 0.1) is 0 Å². The van der Waals surface area contributed by atoms with Crippen molar-refractivity contribution in [2.24, 2.45) is 0 Å². The van der Waals surface area contributed by atoms with E-state index in [4.69, 9.17) is 27.5 Å². The third kappa shape index (κ3) is 5.47. The number of hydrogen-bond acceptors (Lipinski definition) is 6. The van der Waals surface area contributed by atoms with Gasteiger partial charge in [0.15, 0.2) is 13.1 Å². The van der Waals surface area contributed by atoms with E-state index in [1.165, 1.54) is 0 Å². The van der Waals surface area contributed by atoms with Crippen molar-refractivity contribution in [3.8, 4) is 0 Å². The molecule has 0 aromatic rings. The molecule has 0 radical (unpaired) electrons. The van der Waals surface area contributed by atoms with E-state index in [9.17, 15) is 0 Å². The van der Waals surface area contributed by atoms with Gasteiger partial charge in [-0.15, -0.1) is 0 Å². The van der Waals surface area contributed by atoms with Gasteiger partial charge in [0.1, 0.15) is 6.79 Å². The molecule has 0 saturated carbocycles. The van der Waals surface area contributed by atoms with Gasteiger partial charge in [0.05, 0.1) is 6.10 Å². The maximum absolute atomic E-state index is 5.60. The smallest absolute Gasteiger partial charge is 0.377 e. The van der Waals surface area contributed by atoms with Crippen LogP contribution in [0.4, 0.5) is 0 Å². The summed E-state index contributed by atoms with van der Waals surface area (Å²) < 4.78 is 32.4. The minimum atomic E-state index is -2.54. The third-order valence-corrected chi connectivity index (χ3v) is 6.05. The zero-order chi connectivity index (χ0) is 14.1. The molecule has 114 valence electrons. The van der Waals surface area contributed by atoms with E-state index < -0.39 is 8.80 Å². The van der Waals surface area contributed by atoms with E-state index in [1.807, 2.05) is 0 Å². The first-order chi connectivity index (χ1) is 9.19. The Bertz CT molecular complexity index is 230. The lowest BCUT2D eigenvalue weighted by atomic mass is 10.1. The van der Waals surface area contributed by atoms with Gasteiger partial charge in [0, 0.05) is 26.7 Å². The van der Waals surface area contributed by atoms with E-state index in [2.05, 4.69) is 13.8 Å². The van der Waals surface area contributed by atoms with E-state index in [1.54, 1.807) is 14.2 Å². The van der Waals surface area contributed by atoms with Crippen molar-refractivity contribution in [3.05, 3.63) is 0 Å². The molecule has 0 aromatic heterocycles. The largest absolute Gasteiger partial charge is 0.502 e. The standard InChI is InChI=1S/C12H26O6Si/c1-5-7-19(13-3,14-4)17-10-15-9-16-12-8-11(6-2)18-12/h11-12H,5-10H2,1-4H3. The highest BCUT2D eigenvalue weighted by Gasteiger charge is 2.38. The Morgan fingerprint density at radius 1 is 1.16 bits per heavy atom. The van der Waals surface area contributed by atoms with Gasteiger partial charge in [-0.1, -0.05) is 20.3 Å². The molecule has 0 N–H and O–H groups in total. The summed E-state index contributed by atoms with van der Waals surface area (Å²) >= 11 is 0. The number of hydrogen-bond donors (Lipinski definition) is 0. The molecule has 1 fully saturated rings. The van der Waals surface area contributed by atoms with Gasteiger partial charge in [0.2, 0.25) is 0 Å². The van der Waals surface area contributed by atoms with Crippen molar-refractivity contribution in [2.45, 2.75) is 51.5 Å². The first-order valence-electron chi connectivity index (χ1n) is 6.78. The third-order valence-electron chi connectivity index (χ3n) is 3.13. The van der Waals surface area contributed by atoms with Gasteiger partial charge in [-0.05, 0) is 6.42 Å². The zero-order valence-electron chi connectivity index (χ0n) is 12.3. The Balaban J connectivity index is 2.05. The lowest BCUT2D eigenvalue weighted by molar-refractivity contribution is -0.288. The second-order valence-corrected chi connectivity index (χ2v) is 7.39. The molecule has 0 bridgehead atoms. The van der Waals surface area contributed by atoms with Crippen molar-refractivity contribution in [3.63, 3.8) is 0 Å². The minimum absolute atomic E-state index is 0.109. The Morgan fingerprint density at radius 2 is 1.84 bits per heavy atom. The molecule has 1 rings (SSSR count). The normalized spacial score (nSPS) is 23.4. The molecule has 1 saturated heterocycles. The predicted molar refractivity (Wildman–Crippen MR) is 71.4 cm³/mol. The van der Waals surface area contributed by atoms with Gasteiger partial charge in [-0.25, -0.2) is 0 Å². The van der Waals surface area contributed by atoms with Crippen LogP contribution in [-0.2, 0) is 27.5 Å². The van der Waals surface area contributed by atoms with E-state index in [-0.39, 0.29) is 19.9 Å². The Hall–Kier alpha value is -0.0231. The fourth-order valence-electron chi connectivity index (χ4n) is 1.86. The van der Waals surface area contributed by atoms with Crippen LogP contribution in [0.5, 0.6) is 0 Å². The van der Waals surface area contributed by atoms with Gasteiger partial charge in [-0.2, -0.15) is 0 Å². The van der Waals surface area contributed by atoms with E-state index >= 15 is 0 Å². The van der Waals surface area contributed by atoms with Crippen LogP contribution in [0.15, 0.2) is 0 Å². The monoisotopic (exact) mass is 294 g/mol. The summed E-state index contributed by atoms with van der Waals surface area (Å²) in [6, 6.07) is 0.772. The Labute approximate surface area is 116 Å². The van der Waals surface area contributed by atoms with Crippen molar-refractivity contribution in [2.75, 3.05) is 27.8 Å². The molecule has 7 heteroatoms. The average Bonchev–Trinajstić information content (AvgIpc) is 2.39. The van der Waals surface area contributed by atoms with Crippen LogP contribution in [0.2, 0.25) is 6.04 Å². The SMILES string of the molecule is CCC[Si](OC)(OC)OCOCOC1CC(CC)O1. The second kappa shape index (κ2) is 9.01. The molecule has 2 atom stereocenters. The Kier molecular flexibility index (Phi) is 8.08. The summed E-state index contributed by atoms with van der Waals surface area (Å²) in [5, 5.41) is 0. The first kappa shape index (κ1) is 17.0. The number of rotatable bonds is 11. The summed E-state index contributed by atoms with van der Waals surface area (Å²) in [7, 11) is 0.669. The summed E-state index contributed by atoms with van der Waals surface area (Å²) in [6.07, 6.45) is 3.11. The van der Waals surface area contributed by atoms with Crippen LogP contribution in [-0.4, -0.2) is 49.0 Å².